The first kappa shape index (κ1) is 22.2. The highest BCUT2D eigenvalue weighted by Crippen LogP contribution is 2.21. The fourth-order valence-corrected chi connectivity index (χ4v) is 2.03. The van der Waals surface area contributed by atoms with E-state index in [2.05, 4.69) is 5.32 Å². The van der Waals surface area contributed by atoms with Crippen molar-refractivity contribution in [3.05, 3.63) is 29.8 Å². The Morgan fingerprint density at radius 2 is 1.75 bits per heavy atom. The van der Waals surface area contributed by atoms with Gasteiger partial charge in [-0.05, 0) is 30.5 Å². The molecule has 0 fully saturated rings. The fourth-order valence-electron chi connectivity index (χ4n) is 2.03. The SMILES string of the molecule is COc1ccc(C(C)N(C)C(=O)CNC(=O)[C@@H](N)C(C)C)cc1.Cl. The number of halogens is 1. The van der Waals surface area contributed by atoms with Gasteiger partial charge in [0, 0.05) is 7.05 Å². The second-order valence-electron chi connectivity index (χ2n) is 5.94. The molecular weight excluding hydrogens is 330 g/mol. The summed E-state index contributed by atoms with van der Waals surface area (Å²) in [5.41, 5.74) is 6.74. The maximum absolute atomic E-state index is 12.2. The van der Waals surface area contributed by atoms with Crippen LogP contribution in [0.3, 0.4) is 0 Å². The predicted octanol–water partition coefficient (Wildman–Crippen LogP) is 1.74. The summed E-state index contributed by atoms with van der Waals surface area (Å²) in [5.74, 6) is 0.322. The van der Waals surface area contributed by atoms with Crippen LogP contribution in [-0.4, -0.2) is 43.5 Å². The lowest BCUT2D eigenvalue weighted by Crippen LogP contribution is -2.47. The number of amides is 2. The number of ether oxygens (including phenoxy) is 1. The number of hydrogen-bond donors (Lipinski definition) is 2. The van der Waals surface area contributed by atoms with Gasteiger partial charge in [0.15, 0.2) is 0 Å². The normalized spacial score (nSPS) is 12.8. The molecule has 0 aliphatic carbocycles. The highest BCUT2D eigenvalue weighted by Gasteiger charge is 2.21. The average Bonchev–Trinajstić information content (AvgIpc) is 2.57. The lowest BCUT2D eigenvalue weighted by molar-refractivity contribution is -0.133. The van der Waals surface area contributed by atoms with Gasteiger partial charge in [-0.3, -0.25) is 9.59 Å². The summed E-state index contributed by atoms with van der Waals surface area (Å²) in [6.07, 6.45) is 0. The van der Waals surface area contributed by atoms with Crippen molar-refractivity contribution in [3.8, 4) is 5.75 Å². The zero-order valence-electron chi connectivity index (χ0n) is 14.9. The van der Waals surface area contributed by atoms with Gasteiger partial charge in [-0.25, -0.2) is 0 Å². The molecule has 2 amide bonds. The highest BCUT2D eigenvalue weighted by atomic mass is 35.5. The third-order valence-corrected chi connectivity index (χ3v) is 4.01. The number of rotatable bonds is 7. The average molecular weight is 358 g/mol. The molecule has 1 aromatic carbocycles. The molecule has 0 bridgehead atoms. The van der Waals surface area contributed by atoms with Gasteiger partial charge < -0.3 is 20.7 Å². The van der Waals surface area contributed by atoms with Crippen LogP contribution < -0.4 is 15.8 Å². The van der Waals surface area contributed by atoms with E-state index in [1.807, 2.05) is 45.0 Å². The molecule has 0 aliphatic rings. The quantitative estimate of drug-likeness (QED) is 0.778. The van der Waals surface area contributed by atoms with E-state index in [1.54, 1.807) is 19.1 Å². The largest absolute Gasteiger partial charge is 0.497 e. The van der Waals surface area contributed by atoms with E-state index in [0.29, 0.717) is 0 Å². The molecule has 24 heavy (non-hydrogen) atoms. The molecule has 6 nitrogen and oxygen atoms in total. The van der Waals surface area contributed by atoms with E-state index >= 15 is 0 Å². The summed E-state index contributed by atoms with van der Waals surface area (Å²) in [4.78, 5) is 25.6. The maximum atomic E-state index is 12.2. The monoisotopic (exact) mass is 357 g/mol. The molecule has 0 spiro atoms. The van der Waals surface area contributed by atoms with Crippen LogP contribution in [0.5, 0.6) is 5.75 Å². The molecule has 0 aromatic heterocycles. The number of nitrogens with two attached hydrogens (primary N) is 1. The van der Waals surface area contributed by atoms with Gasteiger partial charge in [0.25, 0.3) is 0 Å². The van der Waals surface area contributed by atoms with Crippen molar-refractivity contribution in [2.24, 2.45) is 11.7 Å². The van der Waals surface area contributed by atoms with E-state index in [0.717, 1.165) is 11.3 Å². The number of nitrogens with zero attached hydrogens (tertiary/aromatic N) is 1. The molecule has 2 atom stereocenters. The zero-order valence-corrected chi connectivity index (χ0v) is 15.7. The van der Waals surface area contributed by atoms with Crippen molar-refractivity contribution in [2.45, 2.75) is 32.9 Å². The fraction of sp³-hybridized carbons (Fsp3) is 0.529. The van der Waals surface area contributed by atoms with Gasteiger partial charge in [-0.15, -0.1) is 12.4 Å². The molecule has 136 valence electrons. The summed E-state index contributed by atoms with van der Waals surface area (Å²) in [6, 6.07) is 6.83. The van der Waals surface area contributed by atoms with Crippen molar-refractivity contribution < 1.29 is 14.3 Å². The molecule has 7 heteroatoms. The molecular formula is C17H28ClN3O3. The molecule has 0 radical (unpaired) electrons. The Morgan fingerprint density at radius 1 is 1.21 bits per heavy atom. The van der Waals surface area contributed by atoms with Gasteiger partial charge in [-0.1, -0.05) is 26.0 Å². The highest BCUT2D eigenvalue weighted by molar-refractivity contribution is 5.87. The third-order valence-electron chi connectivity index (χ3n) is 4.01. The summed E-state index contributed by atoms with van der Waals surface area (Å²) in [5, 5.41) is 2.59. The lowest BCUT2D eigenvalue weighted by Gasteiger charge is -2.26. The van der Waals surface area contributed by atoms with Crippen molar-refractivity contribution in [3.63, 3.8) is 0 Å². The van der Waals surface area contributed by atoms with Crippen LogP contribution in [0, 0.1) is 5.92 Å². The summed E-state index contributed by atoms with van der Waals surface area (Å²) < 4.78 is 5.12. The first-order valence-electron chi connectivity index (χ1n) is 7.70. The molecule has 0 heterocycles. The molecule has 3 N–H and O–H groups in total. The standard InChI is InChI=1S/C17H27N3O3.ClH/c1-11(2)16(18)17(22)19-10-15(21)20(4)12(3)13-6-8-14(23-5)9-7-13;/h6-9,11-12,16H,10,18H2,1-5H3,(H,19,22);1H/t12?,16-;/m0./s1. The van der Waals surface area contributed by atoms with Crippen molar-refractivity contribution in [1.82, 2.24) is 10.2 Å². The van der Waals surface area contributed by atoms with Gasteiger partial charge in [0.05, 0.1) is 25.7 Å². The topological polar surface area (TPSA) is 84.7 Å². The molecule has 0 saturated carbocycles. The van der Waals surface area contributed by atoms with E-state index in [4.69, 9.17) is 10.5 Å². The van der Waals surface area contributed by atoms with E-state index in [1.165, 1.54) is 0 Å². The van der Waals surface area contributed by atoms with Crippen molar-refractivity contribution in [2.75, 3.05) is 20.7 Å². The van der Waals surface area contributed by atoms with E-state index < -0.39 is 6.04 Å². The number of carbonyl (C=O) groups excluding carboxylic acids is 2. The Kier molecular flexibility index (Phi) is 9.40. The number of methoxy groups -OCH3 is 1. The Hall–Kier alpha value is -1.79. The third kappa shape index (κ3) is 6.02. The Bertz CT molecular complexity index is 534. The van der Waals surface area contributed by atoms with Crippen LogP contribution in [0.2, 0.25) is 0 Å². The summed E-state index contributed by atoms with van der Waals surface area (Å²) in [6.45, 7) is 5.60. The number of benzene rings is 1. The van der Waals surface area contributed by atoms with Crippen LogP contribution in [-0.2, 0) is 9.59 Å². The van der Waals surface area contributed by atoms with E-state index in [9.17, 15) is 9.59 Å². The Balaban J connectivity index is 0.00000529. The summed E-state index contributed by atoms with van der Waals surface area (Å²) in [7, 11) is 3.32. The number of nitrogens with one attached hydrogen (secondary N) is 1. The number of hydrogen-bond acceptors (Lipinski definition) is 4. The van der Waals surface area contributed by atoms with Crippen LogP contribution in [0.4, 0.5) is 0 Å². The van der Waals surface area contributed by atoms with Crippen LogP contribution in [0.1, 0.15) is 32.4 Å². The molecule has 1 unspecified atom stereocenters. The van der Waals surface area contributed by atoms with Crippen LogP contribution in [0.25, 0.3) is 0 Å². The van der Waals surface area contributed by atoms with Crippen LogP contribution >= 0.6 is 12.4 Å². The van der Waals surface area contributed by atoms with Gasteiger partial charge in [0.2, 0.25) is 11.8 Å². The first-order chi connectivity index (χ1) is 10.8. The minimum atomic E-state index is -0.605. The Labute approximate surface area is 150 Å². The van der Waals surface area contributed by atoms with Gasteiger partial charge in [0.1, 0.15) is 5.75 Å². The van der Waals surface area contributed by atoms with Crippen molar-refractivity contribution in [1.29, 1.82) is 0 Å². The number of carbonyl (C=O) groups is 2. The second kappa shape index (κ2) is 10.2. The second-order valence-corrected chi connectivity index (χ2v) is 5.94. The van der Waals surface area contributed by atoms with Gasteiger partial charge >= 0.3 is 0 Å². The minimum Gasteiger partial charge on any atom is -0.497 e. The number of likely N-dealkylation sites (N-methyl/N-ethyl adjacent to an activating group) is 1. The van der Waals surface area contributed by atoms with Crippen molar-refractivity contribution >= 4 is 24.2 Å². The van der Waals surface area contributed by atoms with Crippen LogP contribution in [0.15, 0.2) is 24.3 Å². The van der Waals surface area contributed by atoms with Gasteiger partial charge in [-0.2, -0.15) is 0 Å². The molecule has 0 aliphatic heterocycles. The summed E-state index contributed by atoms with van der Waals surface area (Å²) >= 11 is 0. The molecule has 1 rings (SSSR count). The Morgan fingerprint density at radius 3 is 2.21 bits per heavy atom. The minimum absolute atomic E-state index is 0. The smallest absolute Gasteiger partial charge is 0.242 e. The molecule has 0 saturated heterocycles. The molecule has 1 aromatic rings. The lowest BCUT2D eigenvalue weighted by atomic mass is 10.1. The predicted molar refractivity (Wildman–Crippen MR) is 97.3 cm³/mol. The van der Waals surface area contributed by atoms with E-state index in [-0.39, 0.29) is 42.7 Å². The maximum Gasteiger partial charge on any atom is 0.242 e. The first-order valence-corrected chi connectivity index (χ1v) is 7.70. The zero-order chi connectivity index (χ0) is 17.6.